The van der Waals surface area contributed by atoms with E-state index in [2.05, 4.69) is 30.8 Å². The third kappa shape index (κ3) is 5.83. The van der Waals surface area contributed by atoms with E-state index < -0.39 is 11.9 Å². The van der Waals surface area contributed by atoms with Gasteiger partial charge in [0.1, 0.15) is 5.82 Å². The van der Waals surface area contributed by atoms with Crippen LogP contribution in [0.2, 0.25) is 0 Å². The third-order valence-corrected chi connectivity index (χ3v) is 7.66. The van der Waals surface area contributed by atoms with E-state index in [1.165, 1.54) is 13.2 Å². The molecular weight excluding hydrogens is 441 g/mol. The second-order valence-corrected chi connectivity index (χ2v) is 10.3. The number of halogens is 1. The quantitative estimate of drug-likeness (QED) is 0.454. The lowest BCUT2D eigenvalue weighted by atomic mass is 9.72. The number of hydrogen-bond acceptors (Lipinski definition) is 7. The standard InChI is InChI=1S/C25H38FN3O3S/c1-6-14-29-17-27-25(16-33-5,32-24(30)31-4)23(29)19-12-10-18(11-13-19)22(28(2)3)20-8-7-9-21(26)15-20/h7-9,15,17-19,22-23H,6,10-14,16H2,1-5H3. The van der Waals surface area contributed by atoms with Gasteiger partial charge in [0, 0.05) is 12.6 Å². The van der Waals surface area contributed by atoms with E-state index in [4.69, 9.17) is 14.5 Å². The first kappa shape index (κ1) is 25.8. The van der Waals surface area contributed by atoms with Crippen LogP contribution in [0.4, 0.5) is 9.18 Å². The van der Waals surface area contributed by atoms with Gasteiger partial charge < -0.3 is 19.3 Å². The molecule has 0 saturated heterocycles. The summed E-state index contributed by atoms with van der Waals surface area (Å²) in [4.78, 5) is 21.4. The highest BCUT2D eigenvalue weighted by atomic mass is 32.2. The number of methoxy groups -OCH3 is 1. The molecule has 2 aliphatic rings. The van der Waals surface area contributed by atoms with E-state index in [0.29, 0.717) is 17.6 Å². The van der Waals surface area contributed by atoms with Crippen LogP contribution in [-0.2, 0) is 9.47 Å². The van der Waals surface area contributed by atoms with Gasteiger partial charge in [-0.2, -0.15) is 11.8 Å². The van der Waals surface area contributed by atoms with Crippen LogP contribution in [0.25, 0.3) is 0 Å². The molecule has 1 aliphatic carbocycles. The molecule has 33 heavy (non-hydrogen) atoms. The van der Waals surface area contributed by atoms with Crippen molar-refractivity contribution in [3.05, 3.63) is 35.6 Å². The second-order valence-electron chi connectivity index (χ2n) is 9.40. The van der Waals surface area contributed by atoms with Crippen LogP contribution in [0.15, 0.2) is 29.3 Å². The summed E-state index contributed by atoms with van der Waals surface area (Å²) in [6.07, 6.45) is 8.29. The molecule has 0 amide bonds. The zero-order valence-corrected chi connectivity index (χ0v) is 21.3. The average Bonchev–Trinajstić information content (AvgIpc) is 3.12. The zero-order chi connectivity index (χ0) is 24.0. The molecule has 0 spiro atoms. The number of benzene rings is 1. The van der Waals surface area contributed by atoms with Crippen LogP contribution < -0.4 is 0 Å². The maximum Gasteiger partial charge on any atom is 0.510 e. The monoisotopic (exact) mass is 479 g/mol. The molecule has 3 unspecified atom stereocenters. The number of nitrogens with zero attached hydrogens (tertiary/aromatic N) is 3. The van der Waals surface area contributed by atoms with Crippen LogP contribution in [0.3, 0.4) is 0 Å². The molecule has 0 radical (unpaired) electrons. The minimum absolute atomic E-state index is 0.00285. The Kier molecular flexibility index (Phi) is 9.04. The lowest BCUT2D eigenvalue weighted by Crippen LogP contribution is -2.55. The normalized spacial score (nSPS) is 28.2. The van der Waals surface area contributed by atoms with Crippen molar-refractivity contribution in [2.45, 2.75) is 56.8 Å². The Bertz CT molecular complexity index is 816. The van der Waals surface area contributed by atoms with E-state index in [-0.39, 0.29) is 17.9 Å². The predicted octanol–water partition coefficient (Wildman–Crippen LogP) is 5.20. The molecule has 1 saturated carbocycles. The van der Waals surface area contributed by atoms with Gasteiger partial charge in [0.2, 0.25) is 5.72 Å². The number of rotatable bonds is 9. The summed E-state index contributed by atoms with van der Waals surface area (Å²) in [5.41, 5.74) is 0.105. The number of thioether (sulfide) groups is 1. The largest absolute Gasteiger partial charge is 0.510 e. The Balaban J connectivity index is 1.80. The molecule has 184 valence electrons. The first-order chi connectivity index (χ1) is 15.8. The summed E-state index contributed by atoms with van der Waals surface area (Å²) in [7, 11) is 5.48. The smallest absolute Gasteiger partial charge is 0.438 e. The van der Waals surface area contributed by atoms with Gasteiger partial charge in [-0.3, -0.25) is 0 Å². The first-order valence-corrected chi connectivity index (χ1v) is 13.2. The van der Waals surface area contributed by atoms with Crippen LogP contribution in [-0.4, -0.2) is 73.8 Å². The Hall–Kier alpha value is -1.80. The molecule has 1 aromatic carbocycles. The average molecular weight is 480 g/mol. The summed E-state index contributed by atoms with van der Waals surface area (Å²) in [6.45, 7) is 3.02. The second kappa shape index (κ2) is 11.6. The van der Waals surface area contributed by atoms with Gasteiger partial charge in [0.15, 0.2) is 0 Å². The van der Waals surface area contributed by atoms with Crippen molar-refractivity contribution in [1.29, 1.82) is 0 Å². The van der Waals surface area contributed by atoms with Crippen LogP contribution in [0, 0.1) is 17.7 Å². The van der Waals surface area contributed by atoms with Crippen molar-refractivity contribution in [1.82, 2.24) is 9.80 Å². The van der Waals surface area contributed by atoms with Gasteiger partial charge in [-0.1, -0.05) is 19.1 Å². The lowest BCUT2D eigenvalue weighted by Gasteiger charge is -2.44. The Labute approximate surface area is 201 Å². The highest BCUT2D eigenvalue weighted by molar-refractivity contribution is 7.98. The summed E-state index contributed by atoms with van der Waals surface area (Å²) < 4.78 is 24.6. The summed E-state index contributed by atoms with van der Waals surface area (Å²) in [5, 5.41) is 0. The Morgan fingerprint density at radius 1 is 1.33 bits per heavy atom. The molecule has 0 N–H and O–H groups in total. The van der Waals surface area contributed by atoms with Crippen molar-refractivity contribution in [3.63, 3.8) is 0 Å². The van der Waals surface area contributed by atoms with Gasteiger partial charge in [0.25, 0.3) is 0 Å². The molecular formula is C25H38FN3O3S. The lowest BCUT2D eigenvalue weighted by molar-refractivity contribution is -0.0577. The van der Waals surface area contributed by atoms with Crippen molar-refractivity contribution in [2.24, 2.45) is 16.8 Å². The number of ether oxygens (including phenoxy) is 2. The minimum Gasteiger partial charge on any atom is -0.438 e. The van der Waals surface area contributed by atoms with Gasteiger partial charge in [-0.15, -0.1) is 0 Å². The maximum absolute atomic E-state index is 13.9. The van der Waals surface area contributed by atoms with Gasteiger partial charge in [-0.25, -0.2) is 14.2 Å². The Morgan fingerprint density at radius 3 is 2.64 bits per heavy atom. The predicted molar refractivity (Wildman–Crippen MR) is 132 cm³/mol. The number of hydrogen-bond donors (Lipinski definition) is 0. The van der Waals surface area contributed by atoms with Crippen LogP contribution in [0.1, 0.15) is 50.6 Å². The Morgan fingerprint density at radius 2 is 2.06 bits per heavy atom. The van der Waals surface area contributed by atoms with Crippen molar-refractivity contribution in [2.75, 3.05) is 39.8 Å². The summed E-state index contributed by atoms with van der Waals surface area (Å²) in [6, 6.07) is 7.17. The molecule has 6 nitrogen and oxygen atoms in total. The topological polar surface area (TPSA) is 54.4 Å². The first-order valence-electron chi connectivity index (χ1n) is 11.8. The maximum atomic E-state index is 13.9. The van der Waals surface area contributed by atoms with Crippen LogP contribution in [0.5, 0.6) is 0 Å². The summed E-state index contributed by atoms with van der Waals surface area (Å²) in [5.74, 6) is 1.19. The fraction of sp³-hybridized carbons (Fsp3) is 0.680. The summed E-state index contributed by atoms with van der Waals surface area (Å²) >= 11 is 1.63. The van der Waals surface area contributed by atoms with E-state index in [0.717, 1.165) is 44.2 Å². The van der Waals surface area contributed by atoms with E-state index in [9.17, 15) is 9.18 Å². The van der Waals surface area contributed by atoms with E-state index >= 15 is 0 Å². The van der Waals surface area contributed by atoms with Gasteiger partial charge in [-0.05, 0) is 82.0 Å². The van der Waals surface area contributed by atoms with Crippen molar-refractivity contribution >= 4 is 24.3 Å². The molecule has 1 heterocycles. The molecule has 1 fully saturated rings. The molecule has 3 atom stereocenters. The van der Waals surface area contributed by atoms with Crippen molar-refractivity contribution in [3.8, 4) is 0 Å². The third-order valence-electron chi connectivity index (χ3n) is 6.96. The van der Waals surface area contributed by atoms with E-state index in [1.54, 1.807) is 23.9 Å². The molecule has 0 bridgehead atoms. The van der Waals surface area contributed by atoms with Crippen molar-refractivity contribution < 1.29 is 18.7 Å². The fourth-order valence-corrected chi connectivity index (χ4v) is 6.48. The zero-order valence-electron chi connectivity index (χ0n) is 20.5. The molecule has 1 aromatic rings. The molecule has 1 aliphatic heterocycles. The van der Waals surface area contributed by atoms with Gasteiger partial charge >= 0.3 is 6.16 Å². The number of carbonyl (C=O) groups is 1. The highest BCUT2D eigenvalue weighted by Crippen LogP contribution is 2.45. The molecule has 0 aromatic heterocycles. The highest BCUT2D eigenvalue weighted by Gasteiger charge is 2.52. The fourth-order valence-electron chi connectivity index (χ4n) is 5.76. The van der Waals surface area contributed by atoms with Gasteiger partial charge in [0.05, 0.1) is 25.2 Å². The van der Waals surface area contributed by atoms with Crippen LogP contribution >= 0.6 is 11.8 Å². The number of aliphatic imine (C=N–C) groups is 1. The number of carbonyl (C=O) groups excluding carboxylic acids is 1. The SMILES string of the molecule is CCCN1C=NC(CSC)(OC(=O)OC)C1C1CCC(C(c2cccc(F)c2)N(C)C)CC1. The molecule has 8 heteroatoms. The molecule has 3 rings (SSSR count). The minimum atomic E-state index is -0.928. The van der Waals surface area contributed by atoms with E-state index in [1.807, 2.05) is 18.7 Å².